The van der Waals surface area contributed by atoms with Crippen LogP contribution in [0.25, 0.3) is 10.9 Å². The molecule has 0 saturated carbocycles. The van der Waals surface area contributed by atoms with Crippen LogP contribution >= 0.6 is 0 Å². The number of hydrogen-bond acceptors (Lipinski definition) is 6. The first-order valence-electron chi connectivity index (χ1n) is 7.24. The largest absolute Gasteiger partial charge is 0.493 e. The molecule has 1 fully saturated rings. The smallest absolute Gasteiger partial charge is 0.416 e. The Bertz CT molecular complexity index is 739. The molecule has 1 unspecified atom stereocenters. The first kappa shape index (κ1) is 16.6. The van der Waals surface area contributed by atoms with Crippen LogP contribution in [0, 0.1) is 0 Å². The molecular formula is C15H16F3N3O3. The molecule has 0 amide bonds. The molecule has 0 radical (unpaired) electrons. The highest BCUT2D eigenvalue weighted by molar-refractivity contribution is 5.92. The molecule has 2 heterocycles. The molecule has 3 rings (SSSR count). The summed E-state index contributed by atoms with van der Waals surface area (Å²) in [6.45, 7) is -0.0278. The minimum Gasteiger partial charge on any atom is -0.493 e. The number of benzene rings is 1. The maximum atomic E-state index is 12.9. The summed E-state index contributed by atoms with van der Waals surface area (Å²) in [7, 11) is 2.99. The molecule has 1 aromatic carbocycles. The second-order valence-corrected chi connectivity index (χ2v) is 5.27. The number of nitrogens with zero attached hydrogens (tertiary/aromatic N) is 3. The van der Waals surface area contributed by atoms with Gasteiger partial charge in [-0.05, 0) is 6.07 Å². The number of rotatable bonds is 3. The van der Waals surface area contributed by atoms with Crippen molar-refractivity contribution < 1.29 is 27.4 Å². The Labute approximate surface area is 136 Å². The average Bonchev–Trinajstić information content (AvgIpc) is 2.59. The fraction of sp³-hybridized carbons (Fsp3) is 0.467. The van der Waals surface area contributed by atoms with Crippen molar-refractivity contribution in [1.29, 1.82) is 0 Å². The van der Waals surface area contributed by atoms with E-state index in [1.807, 2.05) is 0 Å². The number of fused-ring (bicyclic) bond motifs is 1. The van der Waals surface area contributed by atoms with Gasteiger partial charge in [0.2, 0.25) is 0 Å². The lowest BCUT2D eigenvalue weighted by atomic mass is 10.1. The Kier molecular flexibility index (Phi) is 4.35. The zero-order chi connectivity index (χ0) is 17.3. The van der Waals surface area contributed by atoms with E-state index >= 15 is 0 Å². The number of halogens is 3. The molecule has 0 aliphatic carbocycles. The summed E-state index contributed by atoms with van der Waals surface area (Å²) in [5.74, 6) is 1.37. The molecule has 1 aliphatic heterocycles. The molecule has 24 heavy (non-hydrogen) atoms. The van der Waals surface area contributed by atoms with E-state index < -0.39 is 12.3 Å². The summed E-state index contributed by atoms with van der Waals surface area (Å²) < 4.78 is 54.1. The van der Waals surface area contributed by atoms with E-state index in [-0.39, 0.29) is 13.2 Å². The highest BCUT2D eigenvalue weighted by atomic mass is 19.4. The number of methoxy groups -OCH3 is 2. The standard InChI is InChI=1S/C15H16F3N3O3/c1-22-11-5-9-10(6-12(11)23-2)19-8-20-14(9)21-3-4-24-13(7-21)15(16,17)18/h5-6,8,13H,3-4,7H2,1-2H3. The molecule has 130 valence electrons. The molecule has 6 nitrogen and oxygen atoms in total. The van der Waals surface area contributed by atoms with Crippen molar-refractivity contribution in [3.05, 3.63) is 18.5 Å². The number of ether oxygens (including phenoxy) is 3. The molecule has 0 spiro atoms. The van der Waals surface area contributed by atoms with Gasteiger partial charge in [-0.25, -0.2) is 9.97 Å². The van der Waals surface area contributed by atoms with Gasteiger partial charge in [-0.3, -0.25) is 0 Å². The normalized spacial score (nSPS) is 18.7. The lowest BCUT2D eigenvalue weighted by Gasteiger charge is -2.34. The molecule has 0 bridgehead atoms. The van der Waals surface area contributed by atoms with Crippen molar-refractivity contribution >= 4 is 16.7 Å². The zero-order valence-electron chi connectivity index (χ0n) is 13.1. The minimum absolute atomic E-state index is 0.0248. The zero-order valence-corrected chi connectivity index (χ0v) is 13.1. The summed E-state index contributed by atoms with van der Waals surface area (Å²) >= 11 is 0. The van der Waals surface area contributed by atoms with Gasteiger partial charge in [0, 0.05) is 18.0 Å². The molecule has 9 heteroatoms. The fourth-order valence-electron chi connectivity index (χ4n) is 2.66. The van der Waals surface area contributed by atoms with Crippen molar-refractivity contribution in [1.82, 2.24) is 9.97 Å². The van der Waals surface area contributed by atoms with Gasteiger partial charge in [-0.1, -0.05) is 0 Å². The summed E-state index contributed by atoms with van der Waals surface area (Å²) in [4.78, 5) is 9.89. The van der Waals surface area contributed by atoms with Crippen LogP contribution in [-0.4, -0.2) is 56.2 Å². The highest BCUT2D eigenvalue weighted by Gasteiger charge is 2.43. The molecule has 1 aliphatic rings. The van der Waals surface area contributed by atoms with E-state index in [1.54, 1.807) is 17.0 Å². The Morgan fingerprint density at radius 1 is 1.17 bits per heavy atom. The van der Waals surface area contributed by atoms with E-state index in [0.29, 0.717) is 34.8 Å². The average molecular weight is 343 g/mol. The monoisotopic (exact) mass is 343 g/mol. The van der Waals surface area contributed by atoms with Crippen LogP contribution < -0.4 is 14.4 Å². The molecular weight excluding hydrogens is 327 g/mol. The van der Waals surface area contributed by atoms with Gasteiger partial charge in [-0.2, -0.15) is 13.2 Å². The molecule has 1 aromatic heterocycles. The van der Waals surface area contributed by atoms with E-state index in [0.717, 1.165) is 0 Å². The minimum atomic E-state index is -4.41. The second-order valence-electron chi connectivity index (χ2n) is 5.27. The molecule has 0 N–H and O–H groups in total. The molecule has 1 atom stereocenters. The van der Waals surface area contributed by atoms with Gasteiger partial charge < -0.3 is 19.1 Å². The van der Waals surface area contributed by atoms with Crippen LogP contribution in [-0.2, 0) is 4.74 Å². The van der Waals surface area contributed by atoms with Crippen molar-refractivity contribution in [2.45, 2.75) is 12.3 Å². The van der Waals surface area contributed by atoms with E-state index in [2.05, 4.69) is 9.97 Å². The number of alkyl halides is 3. The van der Waals surface area contributed by atoms with Crippen molar-refractivity contribution in [3.63, 3.8) is 0 Å². The third kappa shape index (κ3) is 3.03. The fourth-order valence-corrected chi connectivity index (χ4v) is 2.66. The van der Waals surface area contributed by atoms with Crippen molar-refractivity contribution in [3.8, 4) is 11.5 Å². The Balaban J connectivity index is 2.03. The van der Waals surface area contributed by atoms with Crippen LogP contribution in [0.4, 0.5) is 19.0 Å². The van der Waals surface area contributed by atoms with Gasteiger partial charge >= 0.3 is 6.18 Å². The van der Waals surface area contributed by atoms with E-state index in [1.165, 1.54) is 20.5 Å². The molecule has 2 aromatic rings. The van der Waals surface area contributed by atoms with Gasteiger partial charge in [0.1, 0.15) is 12.1 Å². The van der Waals surface area contributed by atoms with Crippen LogP contribution in [0.15, 0.2) is 18.5 Å². The summed E-state index contributed by atoms with van der Waals surface area (Å²) in [5, 5.41) is 0.595. The summed E-state index contributed by atoms with van der Waals surface area (Å²) in [6.07, 6.45) is -4.93. The third-order valence-corrected chi connectivity index (χ3v) is 3.85. The van der Waals surface area contributed by atoms with Gasteiger partial charge in [0.25, 0.3) is 0 Å². The Hall–Kier alpha value is -2.29. The SMILES string of the molecule is COc1cc2ncnc(N3CCOC(C(F)(F)F)C3)c2cc1OC. The first-order valence-corrected chi connectivity index (χ1v) is 7.24. The Morgan fingerprint density at radius 3 is 2.54 bits per heavy atom. The molecule has 1 saturated heterocycles. The number of aromatic nitrogens is 2. The number of hydrogen-bond donors (Lipinski definition) is 0. The maximum absolute atomic E-state index is 12.9. The quantitative estimate of drug-likeness (QED) is 0.853. The summed E-state index contributed by atoms with van der Waals surface area (Å²) in [6, 6.07) is 3.34. The van der Waals surface area contributed by atoms with Crippen molar-refractivity contribution in [2.24, 2.45) is 0 Å². The Morgan fingerprint density at radius 2 is 1.88 bits per heavy atom. The van der Waals surface area contributed by atoms with Crippen LogP contribution in [0.2, 0.25) is 0 Å². The van der Waals surface area contributed by atoms with Gasteiger partial charge in [0.15, 0.2) is 17.6 Å². The van der Waals surface area contributed by atoms with E-state index in [4.69, 9.17) is 14.2 Å². The van der Waals surface area contributed by atoms with Gasteiger partial charge in [-0.15, -0.1) is 0 Å². The topological polar surface area (TPSA) is 56.7 Å². The first-order chi connectivity index (χ1) is 11.4. The maximum Gasteiger partial charge on any atom is 0.416 e. The number of anilines is 1. The van der Waals surface area contributed by atoms with Gasteiger partial charge in [0.05, 0.1) is 32.9 Å². The van der Waals surface area contributed by atoms with E-state index in [9.17, 15) is 13.2 Å². The second kappa shape index (κ2) is 6.31. The predicted molar refractivity (Wildman–Crippen MR) is 80.7 cm³/mol. The summed E-state index contributed by atoms with van der Waals surface area (Å²) in [5.41, 5.74) is 0.563. The van der Waals surface area contributed by atoms with Crippen LogP contribution in [0.1, 0.15) is 0 Å². The van der Waals surface area contributed by atoms with Crippen LogP contribution in [0.3, 0.4) is 0 Å². The van der Waals surface area contributed by atoms with Crippen LogP contribution in [0.5, 0.6) is 11.5 Å². The highest BCUT2D eigenvalue weighted by Crippen LogP contribution is 2.36. The predicted octanol–water partition coefficient (Wildman–Crippen LogP) is 2.41. The third-order valence-electron chi connectivity index (χ3n) is 3.85. The number of morpholine rings is 1. The lowest BCUT2D eigenvalue weighted by molar-refractivity contribution is -0.221. The lowest BCUT2D eigenvalue weighted by Crippen LogP contribution is -2.49. The van der Waals surface area contributed by atoms with Crippen molar-refractivity contribution in [2.75, 3.05) is 38.8 Å².